The third-order valence-corrected chi connectivity index (χ3v) is 6.94. The fourth-order valence-electron chi connectivity index (χ4n) is 5.07. The van der Waals surface area contributed by atoms with Crippen molar-refractivity contribution in [2.75, 3.05) is 13.2 Å². The first-order valence-corrected chi connectivity index (χ1v) is 12.5. The number of Topliss-reactive ketones (excluding diaryl/α,β-unsaturated/α-hetero) is 1. The van der Waals surface area contributed by atoms with Crippen molar-refractivity contribution in [1.82, 2.24) is 5.32 Å². The maximum absolute atomic E-state index is 13.4. The van der Waals surface area contributed by atoms with E-state index in [2.05, 4.69) is 43.4 Å². The number of hydrogen-bond donors (Lipinski definition) is 1. The summed E-state index contributed by atoms with van der Waals surface area (Å²) >= 11 is 0. The van der Waals surface area contributed by atoms with E-state index in [1.165, 1.54) is 11.1 Å². The predicted octanol–water partition coefficient (Wildman–Crippen LogP) is 6.42. The average molecular weight is 436 g/mol. The topological polar surface area (TPSA) is 47.6 Å². The van der Waals surface area contributed by atoms with E-state index in [0.717, 1.165) is 69.7 Å². The quantitative estimate of drug-likeness (QED) is 0.438. The lowest BCUT2D eigenvalue weighted by Crippen LogP contribution is -2.50. The number of piperidine rings is 1. The Morgan fingerprint density at radius 1 is 0.750 bits per heavy atom. The zero-order valence-electron chi connectivity index (χ0n) is 19.5. The second-order valence-electron chi connectivity index (χ2n) is 9.21. The molecule has 1 aliphatic carbocycles. The molecular formula is C28H37NO3. The van der Waals surface area contributed by atoms with Crippen LogP contribution in [0.15, 0.2) is 48.5 Å². The van der Waals surface area contributed by atoms with E-state index in [1.54, 1.807) is 0 Å². The summed E-state index contributed by atoms with van der Waals surface area (Å²) in [5, 5.41) is 3.86. The van der Waals surface area contributed by atoms with Crippen LogP contribution in [0.5, 0.6) is 11.5 Å². The van der Waals surface area contributed by atoms with Crippen molar-refractivity contribution in [1.29, 1.82) is 0 Å². The molecule has 2 bridgehead atoms. The number of fused-ring (bicyclic) bond motifs is 2. The third kappa shape index (κ3) is 5.17. The molecule has 0 unspecified atom stereocenters. The molecule has 1 aliphatic heterocycles. The third-order valence-electron chi connectivity index (χ3n) is 6.94. The molecule has 4 atom stereocenters. The Balaban J connectivity index is 1.50. The Labute approximate surface area is 192 Å². The van der Waals surface area contributed by atoms with Crippen molar-refractivity contribution < 1.29 is 14.3 Å². The summed E-state index contributed by atoms with van der Waals surface area (Å²) in [4.78, 5) is 13.4. The van der Waals surface area contributed by atoms with Crippen LogP contribution in [0.3, 0.4) is 0 Å². The van der Waals surface area contributed by atoms with E-state index in [4.69, 9.17) is 9.47 Å². The van der Waals surface area contributed by atoms with E-state index < -0.39 is 0 Å². The molecule has 1 N–H and O–H groups in total. The summed E-state index contributed by atoms with van der Waals surface area (Å²) in [7, 11) is 0. The molecule has 172 valence electrons. The summed E-state index contributed by atoms with van der Waals surface area (Å²) in [5.74, 6) is 2.36. The first-order valence-electron chi connectivity index (χ1n) is 12.5. The molecule has 4 heteroatoms. The summed E-state index contributed by atoms with van der Waals surface area (Å²) < 4.78 is 11.7. The lowest BCUT2D eigenvalue weighted by molar-refractivity contribution is -0.135. The van der Waals surface area contributed by atoms with Crippen LogP contribution in [0, 0.1) is 11.8 Å². The lowest BCUT2D eigenvalue weighted by Gasteiger charge is -2.45. The van der Waals surface area contributed by atoms with Gasteiger partial charge >= 0.3 is 0 Å². The second kappa shape index (κ2) is 11.0. The molecular weight excluding hydrogens is 398 g/mol. The molecule has 2 fully saturated rings. The Morgan fingerprint density at radius 3 is 1.59 bits per heavy atom. The number of ketones is 1. The van der Waals surface area contributed by atoms with Crippen molar-refractivity contribution in [2.24, 2.45) is 11.8 Å². The molecule has 4 nitrogen and oxygen atoms in total. The van der Waals surface area contributed by atoms with Gasteiger partial charge in [0.1, 0.15) is 17.3 Å². The Hall–Kier alpha value is -2.33. The Morgan fingerprint density at radius 2 is 1.19 bits per heavy atom. The van der Waals surface area contributed by atoms with Crippen LogP contribution in [-0.2, 0) is 4.79 Å². The molecule has 2 aliphatic rings. The van der Waals surface area contributed by atoms with E-state index in [1.807, 2.05) is 24.3 Å². The largest absolute Gasteiger partial charge is 0.494 e. The van der Waals surface area contributed by atoms with Gasteiger partial charge in [-0.2, -0.15) is 0 Å². The summed E-state index contributed by atoms with van der Waals surface area (Å²) in [5.41, 5.74) is 2.35. The van der Waals surface area contributed by atoms with Gasteiger partial charge in [0.2, 0.25) is 0 Å². The molecule has 4 rings (SSSR count). The van der Waals surface area contributed by atoms with Gasteiger partial charge in [0, 0.05) is 23.9 Å². The van der Waals surface area contributed by atoms with Crippen molar-refractivity contribution >= 4 is 5.78 Å². The highest BCUT2D eigenvalue weighted by molar-refractivity contribution is 5.87. The number of unbranched alkanes of at least 4 members (excludes halogenated alkanes) is 2. The predicted molar refractivity (Wildman–Crippen MR) is 128 cm³/mol. The smallest absolute Gasteiger partial charge is 0.142 e. The van der Waals surface area contributed by atoms with Gasteiger partial charge in [0.05, 0.1) is 13.2 Å². The highest BCUT2D eigenvalue weighted by Crippen LogP contribution is 2.46. The maximum Gasteiger partial charge on any atom is 0.142 e. The standard InChI is InChI=1S/C28H37NO3/c1-3-5-18-31-22-14-10-20(11-15-22)26-24-8-7-9-25(28(24)30)27(29-26)21-12-16-23(17-13-21)32-19-6-4-2/h10-17,24-27,29H,3-9,18-19H2,1-2H3/t24-,25+,26+,27-. The fraction of sp³-hybridized carbons (Fsp3) is 0.536. The molecule has 0 aromatic heterocycles. The monoisotopic (exact) mass is 435 g/mol. The molecule has 0 spiro atoms. The van der Waals surface area contributed by atoms with Gasteiger partial charge in [0.25, 0.3) is 0 Å². The number of carbonyl (C=O) groups is 1. The van der Waals surface area contributed by atoms with Crippen molar-refractivity contribution in [3.8, 4) is 11.5 Å². The van der Waals surface area contributed by atoms with E-state index in [-0.39, 0.29) is 23.9 Å². The van der Waals surface area contributed by atoms with Gasteiger partial charge in [-0.1, -0.05) is 57.4 Å². The number of carbonyl (C=O) groups excluding carboxylic acids is 1. The number of hydrogen-bond acceptors (Lipinski definition) is 4. The number of nitrogens with one attached hydrogen (secondary N) is 1. The first kappa shape index (κ1) is 22.8. The van der Waals surface area contributed by atoms with Gasteiger partial charge in [-0.15, -0.1) is 0 Å². The van der Waals surface area contributed by atoms with Gasteiger partial charge in [0.15, 0.2) is 0 Å². The van der Waals surface area contributed by atoms with Gasteiger partial charge in [-0.05, 0) is 61.1 Å². The number of benzene rings is 2. The molecule has 2 aromatic rings. The summed E-state index contributed by atoms with van der Waals surface area (Å²) in [6.45, 7) is 5.83. The number of ether oxygens (including phenoxy) is 2. The minimum Gasteiger partial charge on any atom is -0.494 e. The van der Waals surface area contributed by atoms with E-state index >= 15 is 0 Å². The molecule has 32 heavy (non-hydrogen) atoms. The van der Waals surface area contributed by atoms with Crippen LogP contribution in [0.2, 0.25) is 0 Å². The highest BCUT2D eigenvalue weighted by Gasteiger charge is 2.46. The minimum absolute atomic E-state index is 0.0502. The van der Waals surface area contributed by atoms with Gasteiger partial charge in [-0.25, -0.2) is 0 Å². The minimum atomic E-state index is 0.0502. The SMILES string of the molecule is CCCCOc1ccc([C@H]2N[C@@H](c3ccc(OCCCC)cc3)[C@H]3CCC[C@@H]2C3=O)cc1. The van der Waals surface area contributed by atoms with Crippen LogP contribution in [-0.4, -0.2) is 19.0 Å². The zero-order chi connectivity index (χ0) is 22.3. The van der Waals surface area contributed by atoms with E-state index in [9.17, 15) is 4.79 Å². The summed E-state index contributed by atoms with van der Waals surface area (Å²) in [6.07, 6.45) is 7.44. The zero-order valence-corrected chi connectivity index (χ0v) is 19.5. The van der Waals surface area contributed by atoms with Crippen molar-refractivity contribution in [2.45, 2.75) is 70.9 Å². The molecule has 2 aromatic carbocycles. The molecule has 0 amide bonds. The second-order valence-corrected chi connectivity index (χ2v) is 9.21. The Kier molecular flexibility index (Phi) is 7.85. The van der Waals surface area contributed by atoms with Crippen molar-refractivity contribution in [3.05, 3.63) is 59.7 Å². The first-order chi connectivity index (χ1) is 15.7. The fourth-order valence-corrected chi connectivity index (χ4v) is 5.07. The van der Waals surface area contributed by atoms with E-state index in [0.29, 0.717) is 5.78 Å². The molecule has 1 saturated heterocycles. The van der Waals surface area contributed by atoms with Crippen LogP contribution < -0.4 is 14.8 Å². The van der Waals surface area contributed by atoms with Crippen LogP contribution in [0.4, 0.5) is 0 Å². The highest BCUT2D eigenvalue weighted by atomic mass is 16.5. The van der Waals surface area contributed by atoms with Crippen molar-refractivity contribution in [3.63, 3.8) is 0 Å². The average Bonchev–Trinajstić information content (AvgIpc) is 2.81. The molecule has 1 heterocycles. The number of rotatable bonds is 10. The van der Waals surface area contributed by atoms with Crippen LogP contribution >= 0.6 is 0 Å². The van der Waals surface area contributed by atoms with Crippen LogP contribution in [0.1, 0.15) is 82.0 Å². The van der Waals surface area contributed by atoms with Gasteiger partial charge < -0.3 is 14.8 Å². The lowest BCUT2D eigenvalue weighted by atomic mass is 9.67. The molecule has 0 radical (unpaired) electrons. The van der Waals surface area contributed by atoms with Gasteiger partial charge in [-0.3, -0.25) is 4.79 Å². The Bertz CT molecular complexity index is 792. The van der Waals surface area contributed by atoms with Crippen LogP contribution in [0.25, 0.3) is 0 Å². The maximum atomic E-state index is 13.4. The molecule has 1 saturated carbocycles. The summed E-state index contributed by atoms with van der Waals surface area (Å²) in [6, 6.07) is 16.8. The normalized spacial score (nSPS) is 24.9.